The van der Waals surface area contributed by atoms with Gasteiger partial charge >= 0.3 is 6.18 Å². The molecule has 1 unspecified atom stereocenters. The maximum absolute atomic E-state index is 12.7. The van der Waals surface area contributed by atoms with Crippen LogP contribution in [-0.2, 0) is 19.1 Å². The van der Waals surface area contributed by atoms with Gasteiger partial charge in [-0.25, -0.2) is 0 Å². The predicted octanol–water partition coefficient (Wildman–Crippen LogP) is 4.67. The Morgan fingerprint density at radius 1 is 0.964 bits per heavy atom. The molecule has 7 heteroatoms. The van der Waals surface area contributed by atoms with Crippen LogP contribution in [0.5, 0.6) is 0 Å². The Balaban J connectivity index is 1.34. The minimum Gasteiger partial charge on any atom is -0.425 e. The van der Waals surface area contributed by atoms with E-state index in [1.165, 1.54) is 0 Å². The summed E-state index contributed by atoms with van der Waals surface area (Å²) in [4.78, 5) is 2.20. The van der Waals surface area contributed by atoms with Crippen LogP contribution in [0.15, 0.2) is 59.0 Å². The quantitative estimate of drug-likeness (QED) is 0.638. The summed E-state index contributed by atoms with van der Waals surface area (Å²) in [7, 11) is 0. The van der Waals surface area contributed by atoms with Crippen LogP contribution in [-0.4, -0.2) is 28.2 Å². The molecular formula is C21H20F3N3O. The number of aromatic nitrogens is 2. The van der Waals surface area contributed by atoms with Gasteiger partial charge in [-0.15, -0.1) is 10.2 Å². The fourth-order valence-electron chi connectivity index (χ4n) is 3.51. The first-order valence-corrected chi connectivity index (χ1v) is 9.22. The molecule has 1 aliphatic heterocycles. The van der Waals surface area contributed by atoms with Gasteiger partial charge in [0.25, 0.3) is 0 Å². The van der Waals surface area contributed by atoms with Crippen molar-refractivity contribution >= 4 is 0 Å². The second-order valence-corrected chi connectivity index (χ2v) is 7.11. The standard InChI is InChI=1S/C21H20F3N3O/c22-21(23,24)18-8-6-16(7-9-18)13-27-11-10-17(14-27)20-26-25-19(28-20)12-15-4-2-1-3-5-15/h1-9,17H,10-14H2. The Labute approximate surface area is 161 Å². The van der Waals surface area contributed by atoms with Gasteiger partial charge in [-0.05, 0) is 36.2 Å². The van der Waals surface area contributed by atoms with Gasteiger partial charge in [0.1, 0.15) is 0 Å². The average molecular weight is 387 g/mol. The van der Waals surface area contributed by atoms with Crippen molar-refractivity contribution in [2.24, 2.45) is 0 Å². The Morgan fingerprint density at radius 2 is 1.71 bits per heavy atom. The molecule has 0 bridgehead atoms. The van der Waals surface area contributed by atoms with Crippen LogP contribution in [0.1, 0.15) is 40.8 Å². The molecule has 1 saturated heterocycles. The Morgan fingerprint density at radius 3 is 2.43 bits per heavy atom. The molecule has 0 aliphatic carbocycles. The number of hydrogen-bond acceptors (Lipinski definition) is 4. The van der Waals surface area contributed by atoms with E-state index in [9.17, 15) is 13.2 Å². The van der Waals surface area contributed by atoms with Crippen molar-refractivity contribution in [1.82, 2.24) is 15.1 Å². The zero-order valence-electron chi connectivity index (χ0n) is 15.2. The van der Waals surface area contributed by atoms with E-state index in [1.807, 2.05) is 30.3 Å². The summed E-state index contributed by atoms with van der Waals surface area (Å²) in [5.74, 6) is 1.40. The van der Waals surface area contributed by atoms with E-state index in [1.54, 1.807) is 12.1 Å². The topological polar surface area (TPSA) is 42.2 Å². The van der Waals surface area contributed by atoms with E-state index >= 15 is 0 Å². The summed E-state index contributed by atoms with van der Waals surface area (Å²) in [6, 6.07) is 15.3. The van der Waals surface area contributed by atoms with Crippen molar-refractivity contribution in [3.8, 4) is 0 Å². The summed E-state index contributed by atoms with van der Waals surface area (Å²) < 4.78 is 43.9. The molecule has 0 saturated carbocycles. The molecule has 1 aromatic heterocycles. The van der Waals surface area contributed by atoms with Crippen LogP contribution in [0, 0.1) is 0 Å². The van der Waals surface area contributed by atoms with E-state index in [4.69, 9.17) is 4.42 Å². The van der Waals surface area contributed by atoms with E-state index in [2.05, 4.69) is 15.1 Å². The number of rotatable bonds is 5. The maximum Gasteiger partial charge on any atom is 0.416 e. The van der Waals surface area contributed by atoms with Crippen molar-refractivity contribution in [3.63, 3.8) is 0 Å². The lowest BCUT2D eigenvalue weighted by Crippen LogP contribution is -2.20. The Bertz CT molecular complexity index is 907. The summed E-state index contributed by atoms with van der Waals surface area (Å²) in [6.07, 6.45) is -2.80. The third-order valence-electron chi connectivity index (χ3n) is 4.99. The van der Waals surface area contributed by atoms with Crippen molar-refractivity contribution in [3.05, 3.63) is 83.1 Å². The monoisotopic (exact) mass is 387 g/mol. The first-order chi connectivity index (χ1) is 13.5. The highest BCUT2D eigenvalue weighted by molar-refractivity contribution is 5.24. The number of benzene rings is 2. The fraction of sp³-hybridized carbons (Fsp3) is 0.333. The van der Waals surface area contributed by atoms with Gasteiger partial charge in [-0.3, -0.25) is 4.90 Å². The normalized spacial score (nSPS) is 17.9. The van der Waals surface area contributed by atoms with Gasteiger partial charge in [-0.2, -0.15) is 13.2 Å². The number of alkyl halides is 3. The van der Waals surface area contributed by atoms with E-state index in [0.29, 0.717) is 24.7 Å². The second-order valence-electron chi connectivity index (χ2n) is 7.11. The smallest absolute Gasteiger partial charge is 0.416 e. The number of likely N-dealkylation sites (tertiary alicyclic amines) is 1. The summed E-state index contributed by atoms with van der Waals surface area (Å²) in [6.45, 7) is 2.22. The average Bonchev–Trinajstić information content (AvgIpc) is 3.32. The molecule has 4 rings (SSSR count). The minimum absolute atomic E-state index is 0.159. The molecule has 2 aromatic carbocycles. The summed E-state index contributed by atoms with van der Waals surface area (Å²) in [5, 5.41) is 8.36. The van der Waals surface area contributed by atoms with Crippen LogP contribution in [0.3, 0.4) is 0 Å². The molecule has 0 N–H and O–H groups in total. The zero-order chi connectivity index (χ0) is 19.6. The van der Waals surface area contributed by atoms with Crippen molar-refractivity contribution in [2.45, 2.75) is 31.5 Å². The lowest BCUT2D eigenvalue weighted by molar-refractivity contribution is -0.137. The first-order valence-electron chi connectivity index (χ1n) is 9.22. The number of hydrogen-bond donors (Lipinski definition) is 0. The van der Waals surface area contributed by atoms with Crippen LogP contribution in [0.25, 0.3) is 0 Å². The molecule has 146 valence electrons. The third-order valence-corrected chi connectivity index (χ3v) is 4.99. The molecule has 2 heterocycles. The fourth-order valence-corrected chi connectivity index (χ4v) is 3.51. The van der Waals surface area contributed by atoms with Gasteiger partial charge in [0.05, 0.1) is 17.9 Å². The molecule has 4 nitrogen and oxygen atoms in total. The lowest BCUT2D eigenvalue weighted by atomic mass is 10.1. The highest BCUT2D eigenvalue weighted by Crippen LogP contribution is 2.30. The maximum atomic E-state index is 12.7. The van der Waals surface area contributed by atoms with Gasteiger partial charge in [0, 0.05) is 13.1 Å². The van der Waals surface area contributed by atoms with Crippen molar-refractivity contribution < 1.29 is 17.6 Å². The van der Waals surface area contributed by atoms with Crippen molar-refractivity contribution in [1.29, 1.82) is 0 Å². The highest BCUT2D eigenvalue weighted by Gasteiger charge is 2.31. The van der Waals surface area contributed by atoms with Crippen molar-refractivity contribution in [2.75, 3.05) is 13.1 Å². The molecular weight excluding hydrogens is 367 g/mol. The molecule has 1 fully saturated rings. The van der Waals surface area contributed by atoms with E-state index < -0.39 is 11.7 Å². The molecule has 0 spiro atoms. The third kappa shape index (κ3) is 4.42. The van der Waals surface area contributed by atoms with Gasteiger partial charge in [0.15, 0.2) is 0 Å². The molecule has 28 heavy (non-hydrogen) atoms. The van der Waals surface area contributed by atoms with Gasteiger partial charge < -0.3 is 4.42 Å². The molecule has 1 aliphatic rings. The van der Waals surface area contributed by atoms with Crippen LogP contribution >= 0.6 is 0 Å². The Hall–Kier alpha value is -2.67. The zero-order valence-corrected chi connectivity index (χ0v) is 15.2. The molecule has 1 atom stereocenters. The molecule has 0 amide bonds. The van der Waals surface area contributed by atoms with Gasteiger partial charge in [-0.1, -0.05) is 42.5 Å². The lowest BCUT2D eigenvalue weighted by Gasteiger charge is -2.16. The predicted molar refractivity (Wildman–Crippen MR) is 97.6 cm³/mol. The Kier molecular flexibility index (Phi) is 5.17. The summed E-state index contributed by atoms with van der Waals surface area (Å²) >= 11 is 0. The van der Waals surface area contributed by atoms with E-state index in [0.717, 1.165) is 42.8 Å². The largest absolute Gasteiger partial charge is 0.425 e. The highest BCUT2D eigenvalue weighted by atomic mass is 19.4. The molecule has 3 aromatic rings. The van der Waals surface area contributed by atoms with Crippen LogP contribution in [0.4, 0.5) is 13.2 Å². The molecule has 0 radical (unpaired) electrons. The first kappa shape index (κ1) is 18.7. The van der Waals surface area contributed by atoms with Crippen LogP contribution in [0.2, 0.25) is 0 Å². The minimum atomic E-state index is -4.30. The van der Waals surface area contributed by atoms with Crippen LogP contribution < -0.4 is 0 Å². The number of nitrogens with zero attached hydrogens (tertiary/aromatic N) is 3. The SMILES string of the molecule is FC(F)(F)c1ccc(CN2CCC(c3nnc(Cc4ccccc4)o3)C2)cc1. The summed E-state index contributed by atoms with van der Waals surface area (Å²) in [5.41, 5.74) is 1.37. The van der Waals surface area contributed by atoms with Gasteiger partial charge in [0.2, 0.25) is 11.8 Å². The van der Waals surface area contributed by atoms with E-state index in [-0.39, 0.29) is 5.92 Å². The number of halogens is 3. The second kappa shape index (κ2) is 7.75.